The number of methoxy groups -OCH3 is 2. The number of carbonyl (C=O) groups is 2. The molecule has 4 rings (SSSR count). The van der Waals surface area contributed by atoms with Crippen LogP contribution in [0.15, 0.2) is 69.1 Å². The molecule has 1 aliphatic heterocycles. The summed E-state index contributed by atoms with van der Waals surface area (Å²) in [5, 5.41) is 11.4. The summed E-state index contributed by atoms with van der Waals surface area (Å²) < 4.78 is 17.4. The lowest BCUT2D eigenvalue weighted by Crippen LogP contribution is -2.29. The van der Waals surface area contributed by atoms with E-state index in [1.165, 1.54) is 19.1 Å². The lowest BCUT2D eigenvalue weighted by molar-refractivity contribution is -0.132. The van der Waals surface area contributed by atoms with Crippen molar-refractivity contribution in [2.75, 3.05) is 19.1 Å². The Hall–Kier alpha value is -3.52. The smallest absolute Gasteiger partial charge is 0.300 e. The SMILES string of the molecule is COc1cccc(OC)c1/C(O)=C1\C(=O)C(=O)N(c2ccc(Br)cc2)C1c1ccc(C)o1. The Bertz CT molecular complexity index is 1210. The van der Waals surface area contributed by atoms with E-state index in [4.69, 9.17) is 13.9 Å². The van der Waals surface area contributed by atoms with E-state index in [1.807, 2.05) is 0 Å². The van der Waals surface area contributed by atoms with Crippen molar-refractivity contribution in [2.24, 2.45) is 0 Å². The molecule has 1 aromatic heterocycles. The van der Waals surface area contributed by atoms with Crippen molar-refractivity contribution < 1.29 is 28.6 Å². The van der Waals surface area contributed by atoms with E-state index in [-0.39, 0.29) is 11.1 Å². The topological polar surface area (TPSA) is 89.2 Å². The number of furan rings is 1. The summed E-state index contributed by atoms with van der Waals surface area (Å²) in [6.45, 7) is 1.76. The van der Waals surface area contributed by atoms with Crippen LogP contribution in [-0.2, 0) is 9.59 Å². The van der Waals surface area contributed by atoms with Gasteiger partial charge in [-0.2, -0.15) is 0 Å². The van der Waals surface area contributed by atoms with Gasteiger partial charge in [-0.05, 0) is 55.5 Å². The van der Waals surface area contributed by atoms with Crippen LogP contribution in [0.4, 0.5) is 5.69 Å². The summed E-state index contributed by atoms with van der Waals surface area (Å²) in [5.41, 5.74) is 0.551. The molecule has 2 aromatic carbocycles. The molecule has 32 heavy (non-hydrogen) atoms. The van der Waals surface area contributed by atoms with Crippen molar-refractivity contribution in [3.8, 4) is 11.5 Å². The number of aliphatic hydroxyl groups excluding tert-OH is 1. The minimum Gasteiger partial charge on any atom is -0.506 e. The number of anilines is 1. The summed E-state index contributed by atoms with van der Waals surface area (Å²) in [6, 6.07) is 14.4. The molecular formula is C24H20BrNO6. The highest BCUT2D eigenvalue weighted by molar-refractivity contribution is 9.10. The number of Topliss-reactive ketones (excluding diaryl/α,β-unsaturated/α-hetero) is 1. The Labute approximate surface area is 193 Å². The van der Waals surface area contributed by atoms with Gasteiger partial charge in [0.05, 0.1) is 19.8 Å². The standard InChI is InChI=1S/C24H20BrNO6/c1-13-7-12-18(32-13)21-20(22(27)19-16(30-2)5-4-6-17(19)31-3)23(28)24(29)26(21)15-10-8-14(25)9-11-15/h4-12,21,27H,1-3H3/b22-20+. The lowest BCUT2D eigenvalue weighted by atomic mass is 9.98. The highest BCUT2D eigenvalue weighted by Crippen LogP contribution is 2.45. The Balaban J connectivity index is 1.99. The number of aliphatic hydroxyl groups is 1. The number of aryl methyl sites for hydroxylation is 1. The van der Waals surface area contributed by atoms with E-state index in [2.05, 4.69) is 15.9 Å². The molecule has 1 amide bonds. The number of ether oxygens (including phenoxy) is 2. The maximum Gasteiger partial charge on any atom is 0.300 e. The molecule has 8 heteroatoms. The molecule has 1 N–H and O–H groups in total. The van der Waals surface area contributed by atoms with Gasteiger partial charge in [0.1, 0.15) is 40.4 Å². The first-order valence-electron chi connectivity index (χ1n) is 9.71. The molecular weight excluding hydrogens is 478 g/mol. The number of carbonyl (C=O) groups excluding carboxylic acids is 2. The normalized spacial score (nSPS) is 17.6. The van der Waals surface area contributed by atoms with Gasteiger partial charge in [-0.1, -0.05) is 22.0 Å². The fourth-order valence-electron chi connectivity index (χ4n) is 3.79. The number of benzene rings is 2. The van der Waals surface area contributed by atoms with E-state index < -0.39 is 23.5 Å². The molecule has 3 aromatic rings. The molecule has 2 heterocycles. The zero-order valence-corrected chi connectivity index (χ0v) is 19.2. The number of amides is 1. The third kappa shape index (κ3) is 3.56. The van der Waals surface area contributed by atoms with Crippen LogP contribution >= 0.6 is 15.9 Å². The van der Waals surface area contributed by atoms with E-state index in [1.54, 1.807) is 61.5 Å². The zero-order chi connectivity index (χ0) is 23.0. The van der Waals surface area contributed by atoms with Crippen LogP contribution < -0.4 is 14.4 Å². The Morgan fingerprint density at radius 2 is 1.62 bits per heavy atom. The number of hydrogen-bond donors (Lipinski definition) is 1. The van der Waals surface area contributed by atoms with Crippen molar-refractivity contribution in [3.05, 3.63) is 81.7 Å². The Kier molecular flexibility index (Phi) is 5.80. The molecule has 1 saturated heterocycles. The summed E-state index contributed by atoms with van der Waals surface area (Å²) in [5.74, 6) is -0.469. The molecule has 1 fully saturated rings. The van der Waals surface area contributed by atoms with Gasteiger partial charge in [-0.25, -0.2) is 0 Å². The minimum atomic E-state index is -0.973. The third-order valence-corrected chi connectivity index (χ3v) is 5.77. The molecule has 0 saturated carbocycles. The lowest BCUT2D eigenvalue weighted by Gasteiger charge is -2.23. The second-order valence-electron chi connectivity index (χ2n) is 7.13. The van der Waals surface area contributed by atoms with E-state index in [0.29, 0.717) is 28.7 Å². The van der Waals surface area contributed by atoms with Gasteiger partial charge in [-0.15, -0.1) is 0 Å². The first kappa shape index (κ1) is 21.7. The predicted octanol–water partition coefficient (Wildman–Crippen LogP) is 4.99. The molecule has 0 bridgehead atoms. The number of nitrogens with zero attached hydrogens (tertiary/aromatic N) is 1. The number of halogens is 1. The van der Waals surface area contributed by atoms with Gasteiger partial charge in [0.25, 0.3) is 11.7 Å². The molecule has 1 unspecified atom stereocenters. The third-order valence-electron chi connectivity index (χ3n) is 5.24. The van der Waals surface area contributed by atoms with Gasteiger partial charge in [0.2, 0.25) is 0 Å². The first-order chi connectivity index (χ1) is 15.4. The molecule has 164 valence electrons. The number of ketones is 1. The Morgan fingerprint density at radius 1 is 1.00 bits per heavy atom. The van der Waals surface area contributed by atoms with Crippen LogP contribution in [0, 0.1) is 6.92 Å². The van der Waals surface area contributed by atoms with Gasteiger partial charge >= 0.3 is 0 Å². The predicted molar refractivity (Wildman–Crippen MR) is 122 cm³/mol. The van der Waals surface area contributed by atoms with Gasteiger partial charge < -0.3 is 19.0 Å². The summed E-state index contributed by atoms with van der Waals surface area (Å²) in [4.78, 5) is 27.7. The van der Waals surface area contributed by atoms with Gasteiger partial charge in [-0.3, -0.25) is 14.5 Å². The highest BCUT2D eigenvalue weighted by Gasteiger charge is 2.49. The molecule has 1 atom stereocenters. The highest BCUT2D eigenvalue weighted by atomic mass is 79.9. The maximum atomic E-state index is 13.2. The quantitative estimate of drug-likeness (QED) is 0.303. The van der Waals surface area contributed by atoms with Crippen molar-refractivity contribution in [1.29, 1.82) is 0 Å². The van der Waals surface area contributed by atoms with E-state index >= 15 is 0 Å². The fourth-order valence-corrected chi connectivity index (χ4v) is 4.05. The molecule has 1 aliphatic rings. The van der Waals surface area contributed by atoms with Gasteiger partial charge in [0, 0.05) is 10.2 Å². The number of hydrogen-bond acceptors (Lipinski definition) is 6. The van der Waals surface area contributed by atoms with Crippen LogP contribution in [0.5, 0.6) is 11.5 Å². The molecule has 0 spiro atoms. The minimum absolute atomic E-state index is 0.116. The van der Waals surface area contributed by atoms with E-state index in [9.17, 15) is 14.7 Å². The van der Waals surface area contributed by atoms with E-state index in [0.717, 1.165) is 4.47 Å². The number of rotatable bonds is 5. The maximum absolute atomic E-state index is 13.2. The van der Waals surface area contributed by atoms with Crippen LogP contribution in [0.2, 0.25) is 0 Å². The average Bonchev–Trinajstić information content (AvgIpc) is 3.34. The molecule has 0 radical (unpaired) electrons. The van der Waals surface area contributed by atoms with Crippen LogP contribution in [-0.4, -0.2) is 31.0 Å². The van der Waals surface area contributed by atoms with Crippen molar-refractivity contribution in [1.82, 2.24) is 0 Å². The van der Waals surface area contributed by atoms with Gasteiger partial charge in [0.15, 0.2) is 0 Å². The van der Waals surface area contributed by atoms with Crippen molar-refractivity contribution in [3.63, 3.8) is 0 Å². The second kappa shape index (κ2) is 8.55. The zero-order valence-electron chi connectivity index (χ0n) is 17.6. The monoisotopic (exact) mass is 497 g/mol. The second-order valence-corrected chi connectivity index (χ2v) is 8.05. The summed E-state index contributed by atoms with van der Waals surface area (Å²) in [7, 11) is 2.89. The van der Waals surface area contributed by atoms with Crippen LogP contribution in [0.1, 0.15) is 23.1 Å². The molecule has 7 nitrogen and oxygen atoms in total. The Morgan fingerprint density at radius 3 is 2.16 bits per heavy atom. The van der Waals surface area contributed by atoms with Crippen molar-refractivity contribution in [2.45, 2.75) is 13.0 Å². The summed E-state index contributed by atoms with van der Waals surface area (Å²) in [6.07, 6.45) is 0. The van der Waals surface area contributed by atoms with Crippen molar-refractivity contribution >= 4 is 39.1 Å². The fraction of sp³-hybridized carbons (Fsp3) is 0.167. The summed E-state index contributed by atoms with van der Waals surface area (Å²) >= 11 is 3.38. The van der Waals surface area contributed by atoms with Crippen LogP contribution in [0.3, 0.4) is 0 Å². The first-order valence-corrected chi connectivity index (χ1v) is 10.5. The largest absolute Gasteiger partial charge is 0.506 e. The molecule has 0 aliphatic carbocycles. The van der Waals surface area contributed by atoms with Crippen LogP contribution in [0.25, 0.3) is 5.76 Å². The average molecular weight is 498 g/mol.